The predicted molar refractivity (Wildman–Crippen MR) is 45.4 cm³/mol. The molecular weight excluding hydrogens is 213 g/mol. The van der Waals surface area contributed by atoms with Crippen LogP contribution in [0.1, 0.15) is 6.42 Å². The quantitative estimate of drug-likeness (QED) is 0.663. The molecule has 1 rings (SSSR count). The second-order valence-corrected chi connectivity index (χ2v) is 3.13. The minimum Gasteiger partial charge on any atom is -0.372 e. The van der Waals surface area contributed by atoms with E-state index in [1.165, 1.54) is 0 Å². The van der Waals surface area contributed by atoms with Gasteiger partial charge in [0, 0.05) is 6.42 Å². The molecule has 0 spiro atoms. The van der Waals surface area contributed by atoms with Crippen LogP contribution in [-0.2, 0) is 14.3 Å². The highest BCUT2D eigenvalue weighted by Gasteiger charge is 2.52. The number of halogens is 3. The van der Waals surface area contributed by atoms with Crippen LogP contribution in [0, 0.1) is 0 Å². The number of carbonyl (C=O) groups excluding carboxylic acids is 1. The molecule has 3 nitrogen and oxygen atoms in total. The van der Waals surface area contributed by atoms with Crippen molar-refractivity contribution in [2.24, 2.45) is 0 Å². The fourth-order valence-electron chi connectivity index (χ4n) is 1.12. The Morgan fingerprint density at radius 2 is 2.27 bits per heavy atom. The van der Waals surface area contributed by atoms with Gasteiger partial charge >= 0.3 is 6.18 Å². The molecule has 0 N–H and O–H groups in total. The first-order valence-electron chi connectivity index (χ1n) is 4.40. The van der Waals surface area contributed by atoms with Gasteiger partial charge in [0.1, 0.15) is 6.10 Å². The number of rotatable bonds is 5. The van der Waals surface area contributed by atoms with Gasteiger partial charge in [-0.1, -0.05) is 6.58 Å². The summed E-state index contributed by atoms with van der Waals surface area (Å²) < 4.78 is 45.6. The third-order valence-corrected chi connectivity index (χ3v) is 2.01. The van der Waals surface area contributed by atoms with E-state index in [-0.39, 0.29) is 25.4 Å². The molecule has 2 unspecified atom stereocenters. The van der Waals surface area contributed by atoms with Gasteiger partial charge in [-0.25, -0.2) is 0 Å². The molecule has 0 bridgehead atoms. The predicted octanol–water partition coefficient (Wildman–Crippen LogP) is 1.48. The van der Waals surface area contributed by atoms with E-state index in [9.17, 15) is 18.0 Å². The van der Waals surface area contributed by atoms with Crippen molar-refractivity contribution in [3.8, 4) is 0 Å². The summed E-state index contributed by atoms with van der Waals surface area (Å²) >= 11 is 0. The van der Waals surface area contributed by atoms with Crippen LogP contribution in [0.3, 0.4) is 0 Å². The molecule has 0 amide bonds. The maximum Gasteiger partial charge on any atom is 0.417 e. The number of alkyl halides is 3. The molecule has 0 aromatic heterocycles. The van der Waals surface area contributed by atoms with Gasteiger partial charge in [-0.15, -0.1) is 0 Å². The molecule has 2 atom stereocenters. The summed E-state index contributed by atoms with van der Waals surface area (Å²) in [5, 5.41) is 0. The summed E-state index contributed by atoms with van der Waals surface area (Å²) in [7, 11) is 0. The first kappa shape index (κ1) is 12.2. The lowest BCUT2D eigenvalue weighted by molar-refractivity contribution is -0.311. The van der Waals surface area contributed by atoms with E-state index in [1.54, 1.807) is 0 Å². The van der Waals surface area contributed by atoms with Gasteiger partial charge in [0.25, 0.3) is 0 Å². The van der Waals surface area contributed by atoms with E-state index in [0.717, 1.165) is 6.08 Å². The van der Waals surface area contributed by atoms with E-state index >= 15 is 0 Å². The van der Waals surface area contributed by atoms with Gasteiger partial charge in [0.2, 0.25) is 0 Å². The van der Waals surface area contributed by atoms with Crippen LogP contribution >= 0.6 is 0 Å². The zero-order valence-electron chi connectivity index (χ0n) is 7.92. The lowest BCUT2D eigenvalue weighted by Gasteiger charge is -2.37. The average molecular weight is 224 g/mol. The van der Waals surface area contributed by atoms with E-state index in [2.05, 4.69) is 11.3 Å². The Kier molecular flexibility index (Phi) is 3.87. The third-order valence-electron chi connectivity index (χ3n) is 2.01. The molecule has 6 heteroatoms. The maximum atomic E-state index is 12.1. The molecule has 0 aromatic carbocycles. The lowest BCUT2D eigenvalue weighted by Crippen LogP contribution is -2.55. The van der Waals surface area contributed by atoms with Gasteiger partial charge in [0.15, 0.2) is 11.9 Å². The number of hydrogen-bond donors (Lipinski definition) is 0. The van der Waals surface area contributed by atoms with Crippen molar-refractivity contribution in [3.05, 3.63) is 12.7 Å². The van der Waals surface area contributed by atoms with E-state index in [0.29, 0.717) is 0 Å². The van der Waals surface area contributed by atoms with Crippen LogP contribution in [0.15, 0.2) is 12.7 Å². The molecule has 0 aromatic rings. The maximum absolute atomic E-state index is 12.1. The van der Waals surface area contributed by atoms with Crippen LogP contribution in [0.4, 0.5) is 13.2 Å². The van der Waals surface area contributed by atoms with Crippen molar-refractivity contribution < 1.29 is 27.4 Å². The molecule has 1 saturated heterocycles. The van der Waals surface area contributed by atoms with Crippen molar-refractivity contribution in [1.82, 2.24) is 0 Å². The molecule has 1 fully saturated rings. The second-order valence-electron chi connectivity index (χ2n) is 3.13. The Hall–Kier alpha value is -0.880. The minimum atomic E-state index is -4.40. The molecule has 1 heterocycles. The van der Waals surface area contributed by atoms with Crippen molar-refractivity contribution in [2.45, 2.75) is 24.8 Å². The first-order chi connectivity index (χ1) is 6.95. The van der Waals surface area contributed by atoms with E-state index in [1.807, 2.05) is 0 Å². The summed E-state index contributed by atoms with van der Waals surface area (Å²) in [5.74, 6) is -0.251. The number of carbonyl (C=O) groups is 1. The van der Waals surface area contributed by atoms with Crippen molar-refractivity contribution in [3.63, 3.8) is 0 Å². The monoisotopic (exact) mass is 224 g/mol. The number of ketones is 1. The zero-order chi connectivity index (χ0) is 11.5. The fourth-order valence-corrected chi connectivity index (χ4v) is 1.12. The van der Waals surface area contributed by atoms with Gasteiger partial charge in [-0.2, -0.15) is 13.2 Å². The molecule has 1 aliphatic rings. The molecular formula is C9H11F3O3. The van der Waals surface area contributed by atoms with E-state index in [4.69, 9.17) is 4.74 Å². The average Bonchev–Trinajstić information content (AvgIpc) is 2.06. The Labute approximate surface area is 84.8 Å². The summed E-state index contributed by atoms with van der Waals surface area (Å²) in [4.78, 5) is 10.7. The van der Waals surface area contributed by atoms with Crippen LogP contribution in [0.25, 0.3) is 0 Å². The number of ether oxygens (including phenoxy) is 2. The molecule has 15 heavy (non-hydrogen) atoms. The summed E-state index contributed by atoms with van der Waals surface area (Å²) in [6.07, 6.45) is -6.07. The van der Waals surface area contributed by atoms with Crippen LogP contribution in [-0.4, -0.2) is 37.4 Å². The molecule has 0 saturated carbocycles. The van der Waals surface area contributed by atoms with Crippen LogP contribution in [0.2, 0.25) is 0 Å². The molecule has 1 aliphatic heterocycles. The standard InChI is InChI=1S/C9H11F3O3/c1-2-6(13)3-4-14-7-5-15-8(7)9(10,11)12/h2,7-8H,1,3-5H2. The highest BCUT2D eigenvalue weighted by atomic mass is 19.4. The van der Waals surface area contributed by atoms with Gasteiger partial charge in [-0.3, -0.25) is 4.79 Å². The largest absolute Gasteiger partial charge is 0.417 e. The normalized spacial score (nSPS) is 25.8. The second kappa shape index (κ2) is 4.76. The smallest absolute Gasteiger partial charge is 0.372 e. The third kappa shape index (κ3) is 3.32. The minimum absolute atomic E-state index is 0.0363. The van der Waals surface area contributed by atoms with Crippen molar-refractivity contribution in [2.75, 3.05) is 13.2 Å². The van der Waals surface area contributed by atoms with E-state index < -0.39 is 18.4 Å². The lowest BCUT2D eigenvalue weighted by atomic mass is 10.1. The van der Waals surface area contributed by atoms with Gasteiger partial charge in [0.05, 0.1) is 13.2 Å². The Balaban J connectivity index is 2.23. The van der Waals surface area contributed by atoms with Crippen LogP contribution in [0.5, 0.6) is 0 Å². The first-order valence-corrected chi connectivity index (χ1v) is 4.40. The van der Waals surface area contributed by atoms with Gasteiger partial charge in [-0.05, 0) is 6.08 Å². The Morgan fingerprint density at radius 1 is 1.60 bits per heavy atom. The molecule has 86 valence electrons. The summed E-state index contributed by atoms with van der Waals surface area (Å²) in [6.45, 7) is 3.12. The molecule has 0 aliphatic carbocycles. The fraction of sp³-hybridized carbons (Fsp3) is 0.667. The van der Waals surface area contributed by atoms with Crippen LogP contribution < -0.4 is 0 Å². The van der Waals surface area contributed by atoms with Gasteiger partial charge < -0.3 is 9.47 Å². The topological polar surface area (TPSA) is 35.5 Å². The highest BCUT2D eigenvalue weighted by Crippen LogP contribution is 2.32. The zero-order valence-corrected chi connectivity index (χ0v) is 7.92. The SMILES string of the molecule is C=CC(=O)CCOC1COC1C(F)(F)F. The number of allylic oxidation sites excluding steroid dienone is 1. The number of hydrogen-bond acceptors (Lipinski definition) is 3. The summed E-state index contributed by atoms with van der Waals surface area (Å²) in [6, 6.07) is 0. The Morgan fingerprint density at radius 3 is 2.67 bits per heavy atom. The molecule has 0 radical (unpaired) electrons. The highest BCUT2D eigenvalue weighted by molar-refractivity contribution is 5.89. The van der Waals surface area contributed by atoms with Crippen molar-refractivity contribution in [1.29, 1.82) is 0 Å². The summed E-state index contributed by atoms with van der Waals surface area (Å²) in [5.41, 5.74) is 0. The Bertz CT molecular complexity index is 249. The van der Waals surface area contributed by atoms with Crippen molar-refractivity contribution >= 4 is 5.78 Å².